The largest absolute Gasteiger partial charge is 0.357 e. The Kier molecular flexibility index (Phi) is 11.0. The molecule has 0 unspecified atom stereocenters. The fourth-order valence-corrected chi connectivity index (χ4v) is 5.35. The van der Waals surface area contributed by atoms with Crippen LogP contribution in [0, 0.1) is 7.14 Å². The van der Waals surface area contributed by atoms with Gasteiger partial charge in [0.25, 0.3) is 0 Å². The van der Waals surface area contributed by atoms with E-state index in [4.69, 9.17) is 0 Å². The SMILES string of the molecule is CCCCCCCCCCCCc1ccc([I+]c2ccccc2)cc1. The molecule has 0 amide bonds. The predicted octanol–water partition coefficient (Wildman–Crippen LogP) is 4.28. The lowest BCUT2D eigenvalue weighted by Gasteiger charge is -2.03. The zero-order valence-electron chi connectivity index (χ0n) is 15.9. The minimum atomic E-state index is -0.0144. The number of hydrogen-bond donors (Lipinski definition) is 0. The van der Waals surface area contributed by atoms with Crippen LogP contribution >= 0.6 is 0 Å². The van der Waals surface area contributed by atoms with Crippen LogP contribution in [0.2, 0.25) is 0 Å². The van der Waals surface area contributed by atoms with Gasteiger partial charge in [-0.3, -0.25) is 0 Å². The molecular weight excluding hydrogens is 415 g/mol. The van der Waals surface area contributed by atoms with Crippen molar-refractivity contribution < 1.29 is 21.2 Å². The maximum atomic E-state index is 2.35. The van der Waals surface area contributed by atoms with E-state index in [-0.39, 0.29) is 21.2 Å². The van der Waals surface area contributed by atoms with Gasteiger partial charge in [-0.2, -0.15) is 0 Å². The highest BCUT2D eigenvalue weighted by atomic mass is 127. The van der Waals surface area contributed by atoms with Crippen LogP contribution in [-0.4, -0.2) is 0 Å². The van der Waals surface area contributed by atoms with Gasteiger partial charge in [0.15, 0.2) is 7.14 Å². The molecule has 0 spiro atoms. The molecule has 0 bridgehead atoms. The van der Waals surface area contributed by atoms with Crippen molar-refractivity contribution in [1.82, 2.24) is 0 Å². The van der Waals surface area contributed by atoms with E-state index < -0.39 is 0 Å². The Morgan fingerprint density at radius 3 is 1.68 bits per heavy atom. The third-order valence-electron chi connectivity index (χ3n) is 4.68. The van der Waals surface area contributed by atoms with E-state index in [0.717, 1.165) is 0 Å². The monoisotopic (exact) mass is 449 g/mol. The second-order valence-corrected chi connectivity index (χ2v) is 9.98. The maximum Gasteiger partial charge on any atom is 0.357 e. The molecule has 2 rings (SSSR count). The van der Waals surface area contributed by atoms with Crippen molar-refractivity contribution in [2.24, 2.45) is 0 Å². The fraction of sp³-hybridized carbons (Fsp3) is 0.500. The molecule has 0 aliphatic rings. The van der Waals surface area contributed by atoms with Crippen LogP contribution in [0.15, 0.2) is 54.6 Å². The summed E-state index contributed by atoms with van der Waals surface area (Å²) in [6, 6.07) is 20.3. The average molecular weight is 449 g/mol. The molecule has 0 heterocycles. The number of rotatable bonds is 13. The number of hydrogen-bond acceptors (Lipinski definition) is 0. The summed E-state index contributed by atoms with van der Waals surface area (Å²) in [6.07, 6.45) is 15.4. The Labute approximate surface area is 165 Å². The van der Waals surface area contributed by atoms with Crippen LogP contribution in [0.3, 0.4) is 0 Å². The maximum absolute atomic E-state index is 2.35. The molecule has 0 aromatic heterocycles. The molecule has 0 fully saturated rings. The second kappa shape index (κ2) is 13.4. The molecule has 25 heavy (non-hydrogen) atoms. The van der Waals surface area contributed by atoms with Crippen molar-refractivity contribution in [3.05, 3.63) is 67.3 Å². The predicted molar refractivity (Wildman–Crippen MR) is 106 cm³/mol. The summed E-state index contributed by atoms with van der Waals surface area (Å²) >= 11 is -0.0144. The highest BCUT2D eigenvalue weighted by Gasteiger charge is 2.14. The summed E-state index contributed by atoms with van der Waals surface area (Å²) in [6.45, 7) is 2.29. The summed E-state index contributed by atoms with van der Waals surface area (Å²) in [5.74, 6) is 0. The van der Waals surface area contributed by atoms with Gasteiger partial charge >= 0.3 is 21.2 Å². The van der Waals surface area contributed by atoms with Gasteiger partial charge in [0.1, 0.15) is 0 Å². The van der Waals surface area contributed by atoms with Crippen LogP contribution < -0.4 is 21.2 Å². The lowest BCUT2D eigenvalue weighted by atomic mass is 10.0. The van der Waals surface area contributed by atoms with Crippen molar-refractivity contribution in [3.63, 3.8) is 0 Å². The van der Waals surface area contributed by atoms with Crippen molar-refractivity contribution >= 4 is 0 Å². The minimum Gasteiger partial charge on any atom is -0.0654 e. The van der Waals surface area contributed by atoms with Gasteiger partial charge in [0.05, 0.1) is 0 Å². The smallest absolute Gasteiger partial charge is 0.0654 e. The molecule has 1 heteroatoms. The lowest BCUT2D eigenvalue weighted by Crippen LogP contribution is -3.61. The van der Waals surface area contributed by atoms with Gasteiger partial charge in [-0.25, -0.2) is 0 Å². The van der Waals surface area contributed by atoms with E-state index in [0.29, 0.717) is 0 Å². The van der Waals surface area contributed by atoms with Gasteiger partial charge in [-0.1, -0.05) is 95.0 Å². The first-order chi connectivity index (χ1) is 12.4. The summed E-state index contributed by atoms with van der Waals surface area (Å²) in [4.78, 5) is 0. The van der Waals surface area contributed by atoms with E-state index >= 15 is 0 Å². The molecule has 0 aliphatic heterocycles. The Balaban J connectivity index is 1.53. The summed E-state index contributed by atoms with van der Waals surface area (Å²) in [7, 11) is 0. The van der Waals surface area contributed by atoms with Gasteiger partial charge < -0.3 is 0 Å². The van der Waals surface area contributed by atoms with Crippen LogP contribution in [0.5, 0.6) is 0 Å². The first kappa shape index (κ1) is 20.5. The Morgan fingerprint density at radius 2 is 1.08 bits per heavy atom. The molecular formula is C24H34I+. The first-order valence-electron chi connectivity index (χ1n) is 10.2. The number of aryl methyl sites for hydroxylation is 1. The fourth-order valence-electron chi connectivity index (χ4n) is 3.13. The van der Waals surface area contributed by atoms with E-state index in [2.05, 4.69) is 61.5 Å². The van der Waals surface area contributed by atoms with Crippen LogP contribution in [0.25, 0.3) is 0 Å². The summed E-state index contributed by atoms with van der Waals surface area (Å²) in [5, 5.41) is 0. The molecule has 136 valence electrons. The first-order valence-corrected chi connectivity index (χ1v) is 12.3. The molecule has 0 nitrogen and oxygen atoms in total. The van der Waals surface area contributed by atoms with Gasteiger partial charge in [0, 0.05) is 0 Å². The third-order valence-corrected chi connectivity index (χ3v) is 7.37. The number of halogens is 1. The Bertz CT molecular complexity index is 544. The summed E-state index contributed by atoms with van der Waals surface area (Å²) in [5.41, 5.74) is 1.51. The molecule has 0 N–H and O–H groups in total. The quantitative estimate of drug-likeness (QED) is 0.316. The number of unbranched alkanes of at least 4 members (excludes halogenated alkanes) is 9. The Hall–Kier alpha value is -0.830. The standard InChI is InChI=1S/C24H34I/c1-2-3-4-5-6-7-8-9-10-12-15-22-18-20-24(21-19-22)25-23-16-13-11-14-17-23/h11,13-14,16-21H,2-10,12,15H2,1H3/q+1. The van der Waals surface area contributed by atoms with E-state index in [1.54, 1.807) is 0 Å². The molecule has 2 aromatic rings. The second-order valence-electron chi connectivity index (χ2n) is 6.95. The van der Waals surface area contributed by atoms with E-state index in [1.165, 1.54) is 83.3 Å². The Morgan fingerprint density at radius 1 is 0.560 bits per heavy atom. The van der Waals surface area contributed by atoms with Crippen LogP contribution in [0.4, 0.5) is 0 Å². The average Bonchev–Trinajstić information content (AvgIpc) is 2.65. The third kappa shape index (κ3) is 9.44. The highest BCUT2D eigenvalue weighted by Crippen LogP contribution is 2.12. The number of benzene rings is 2. The molecule has 2 aromatic carbocycles. The molecule has 0 atom stereocenters. The topological polar surface area (TPSA) is 0 Å². The van der Waals surface area contributed by atoms with Crippen LogP contribution in [0.1, 0.15) is 76.7 Å². The van der Waals surface area contributed by atoms with Crippen molar-refractivity contribution in [1.29, 1.82) is 0 Å². The van der Waals surface area contributed by atoms with Gasteiger partial charge in [-0.15, -0.1) is 0 Å². The molecule has 0 saturated carbocycles. The molecule has 0 radical (unpaired) electrons. The highest BCUT2D eigenvalue weighted by molar-refractivity contribution is 5.14. The van der Waals surface area contributed by atoms with Crippen molar-refractivity contribution in [3.8, 4) is 0 Å². The molecule has 0 aliphatic carbocycles. The van der Waals surface area contributed by atoms with Crippen molar-refractivity contribution in [2.45, 2.75) is 77.6 Å². The minimum absolute atomic E-state index is 0.0144. The summed E-state index contributed by atoms with van der Waals surface area (Å²) < 4.78 is 3.03. The van der Waals surface area contributed by atoms with Gasteiger partial charge in [0.2, 0.25) is 0 Å². The van der Waals surface area contributed by atoms with E-state index in [9.17, 15) is 0 Å². The van der Waals surface area contributed by atoms with Crippen molar-refractivity contribution in [2.75, 3.05) is 0 Å². The zero-order chi connectivity index (χ0) is 17.6. The van der Waals surface area contributed by atoms with Gasteiger partial charge in [-0.05, 0) is 42.7 Å². The normalized spacial score (nSPS) is 10.9. The molecule has 0 saturated heterocycles. The van der Waals surface area contributed by atoms with Crippen LogP contribution in [-0.2, 0) is 6.42 Å². The zero-order valence-corrected chi connectivity index (χ0v) is 18.0. The lowest BCUT2D eigenvalue weighted by molar-refractivity contribution is -0.597. The van der Waals surface area contributed by atoms with E-state index in [1.807, 2.05) is 0 Å².